The Kier molecular flexibility index (Phi) is 1.56. The zero-order chi connectivity index (χ0) is 7.68. The van der Waals surface area contributed by atoms with Gasteiger partial charge < -0.3 is 5.73 Å². The van der Waals surface area contributed by atoms with Gasteiger partial charge in [-0.2, -0.15) is 0 Å². The van der Waals surface area contributed by atoms with Gasteiger partial charge in [-0.3, -0.25) is 0 Å². The Balaban J connectivity index is 2.67. The predicted molar refractivity (Wildman–Crippen MR) is 45.3 cm³/mol. The van der Waals surface area contributed by atoms with Crippen molar-refractivity contribution in [3.8, 4) is 0 Å². The van der Waals surface area contributed by atoms with Gasteiger partial charge in [0.2, 0.25) is 0 Å². The van der Waals surface area contributed by atoms with Crippen molar-refractivity contribution in [1.29, 1.82) is 0 Å². The summed E-state index contributed by atoms with van der Waals surface area (Å²) in [5.74, 6) is 0. The first-order chi connectivity index (χ1) is 5.40. The van der Waals surface area contributed by atoms with E-state index >= 15 is 0 Å². The summed E-state index contributed by atoms with van der Waals surface area (Å²) in [6, 6.07) is 5.95. The molecular weight excluding hydrogens is 158 g/mol. The Labute approximate surface area is 68.0 Å². The van der Waals surface area contributed by atoms with Gasteiger partial charge in [-0.05, 0) is 29.2 Å². The van der Waals surface area contributed by atoms with Gasteiger partial charge in [-0.1, -0.05) is 10.6 Å². The first-order valence-corrected chi connectivity index (χ1v) is 4.08. The fourth-order valence-electron chi connectivity index (χ4n) is 0.950. The van der Waals surface area contributed by atoms with Crippen LogP contribution in [0.5, 0.6) is 0 Å². The Bertz CT molecular complexity index is 368. The average Bonchev–Trinajstić information content (AvgIpc) is 2.50. The molecule has 0 unspecified atom stereocenters. The van der Waals surface area contributed by atoms with E-state index in [9.17, 15) is 0 Å². The second-order valence-corrected chi connectivity index (χ2v) is 3.06. The standard InChI is InChI=1S/C7H7N3S/c8-4-5-1-2-6-7(3-5)11-10-9-6/h1-3H,4,8H2. The van der Waals surface area contributed by atoms with Gasteiger partial charge in [0.25, 0.3) is 0 Å². The lowest BCUT2D eigenvalue weighted by molar-refractivity contribution is 1.07. The second kappa shape index (κ2) is 2.56. The third-order valence-electron chi connectivity index (χ3n) is 1.55. The summed E-state index contributed by atoms with van der Waals surface area (Å²) < 4.78 is 4.93. The van der Waals surface area contributed by atoms with E-state index in [4.69, 9.17) is 5.73 Å². The van der Waals surface area contributed by atoms with Crippen molar-refractivity contribution in [2.75, 3.05) is 0 Å². The highest BCUT2D eigenvalue weighted by Crippen LogP contribution is 2.16. The predicted octanol–water partition coefficient (Wildman–Crippen LogP) is 1.15. The lowest BCUT2D eigenvalue weighted by atomic mass is 10.2. The Morgan fingerprint density at radius 2 is 2.36 bits per heavy atom. The molecule has 1 aromatic carbocycles. The molecule has 0 radical (unpaired) electrons. The Morgan fingerprint density at radius 3 is 3.18 bits per heavy atom. The van der Waals surface area contributed by atoms with E-state index in [1.807, 2.05) is 18.2 Å². The second-order valence-electron chi connectivity index (χ2n) is 2.28. The van der Waals surface area contributed by atoms with Crippen LogP contribution in [-0.4, -0.2) is 9.59 Å². The summed E-state index contributed by atoms with van der Waals surface area (Å²) in [7, 11) is 0. The Hall–Kier alpha value is -1.00. The molecule has 2 N–H and O–H groups in total. The van der Waals surface area contributed by atoms with Gasteiger partial charge in [0, 0.05) is 6.54 Å². The fraction of sp³-hybridized carbons (Fsp3) is 0.143. The van der Waals surface area contributed by atoms with Gasteiger partial charge in [0.05, 0.1) is 4.70 Å². The number of rotatable bonds is 1. The van der Waals surface area contributed by atoms with Crippen LogP contribution in [0.2, 0.25) is 0 Å². The minimum Gasteiger partial charge on any atom is -0.326 e. The summed E-state index contributed by atoms with van der Waals surface area (Å²) in [6.45, 7) is 0.577. The molecule has 3 nitrogen and oxygen atoms in total. The van der Waals surface area contributed by atoms with Crippen molar-refractivity contribution < 1.29 is 0 Å². The molecule has 0 saturated carbocycles. The summed E-state index contributed by atoms with van der Waals surface area (Å²) in [6.07, 6.45) is 0. The van der Waals surface area contributed by atoms with Gasteiger partial charge in [-0.15, -0.1) is 5.10 Å². The van der Waals surface area contributed by atoms with Crippen LogP contribution >= 0.6 is 11.5 Å². The third-order valence-corrected chi connectivity index (χ3v) is 2.23. The highest BCUT2D eigenvalue weighted by atomic mass is 32.1. The van der Waals surface area contributed by atoms with Crippen molar-refractivity contribution >= 4 is 21.7 Å². The maximum absolute atomic E-state index is 5.47. The molecule has 0 spiro atoms. The SMILES string of the molecule is NCc1ccc2nnsc2c1. The normalized spacial score (nSPS) is 10.6. The van der Waals surface area contributed by atoms with Crippen molar-refractivity contribution in [3.05, 3.63) is 23.8 Å². The first-order valence-electron chi connectivity index (χ1n) is 3.31. The van der Waals surface area contributed by atoms with Crippen molar-refractivity contribution in [2.45, 2.75) is 6.54 Å². The highest BCUT2D eigenvalue weighted by molar-refractivity contribution is 7.12. The molecule has 0 atom stereocenters. The quantitative estimate of drug-likeness (QED) is 0.689. The van der Waals surface area contributed by atoms with E-state index in [0.717, 1.165) is 15.8 Å². The van der Waals surface area contributed by atoms with Crippen LogP contribution in [0.1, 0.15) is 5.56 Å². The number of fused-ring (bicyclic) bond motifs is 1. The van der Waals surface area contributed by atoms with Crippen LogP contribution in [0.3, 0.4) is 0 Å². The van der Waals surface area contributed by atoms with Crippen molar-refractivity contribution in [1.82, 2.24) is 9.59 Å². The van der Waals surface area contributed by atoms with E-state index in [1.54, 1.807) is 0 Å². The number of nitrogens with two attached hydrogens (primary N) is 1. The smallest absolute Gasteiger partial charge is 0.105 e. The number of nitrogens with zero attached hydrogens (tertiary/aromatic N) is 2. The van der Waals surface area contributed by atoms with E-state index in [1.165, 1.54) is 11.5 Å². The lowest BCUT2D eigenvalue weighted by Gasteiger charge is -1.92. The molecule has 0 saturated heterocycles. The van der Waals surface area contributed by atoms with Crippen LogP contribution in [-0.2, 0) is 6.54 Å². The van der Waals surface area contributed by atoms with Gasteiger partial charge in [0.1, 0.15) is 5.52 Å². The van der Waals surface area contributed by atoms with Gasteiger partial charge in [-0.25, -0.2) is 0 Å². The molecule has 1 aromatic heterocycles. The van der Waals surface area contributed by atoms with Crippen LogP contribution in [0.4, 0.5) is 0 Å². The molecule has 0 amide bonds. The summed E-state index contributed by atoms with van der Waals surface area (Å²) in [5, 5.41) is 3.92. The molecule has 56 valence electrons. The zero-order valence-corrected chi connectivity index (χ0v) is 6.64. The third kappa shape index (κ3) is 1.10. The molecule has 4 heteroatoms. The molecule has 0 aliphatic rings. The average molecular weight is 165 g/mol. The fourth-order valence-corrected chi connectivity index (χ4v) is 1.57. The van der Waals surface area contributed by atoms with E-state index in [0.29, 0.717) is 6.54 Å². The maximum atomic E-state index is 5.47. The van der Waals surface area contributed by atoms with E-state index < -0.39 is 0 Å². The van der Waals surface area contributed by atoms with Crippen LogP contribution in [0.25, 0.3) is 10.2 Å². The van der Waals surface area contributed by atoms with Crippen LogP contribution in [0, 0.1) is 0 Å². The molecular formula is C7H7N3S. The van der Waals surface area contributed by atoms with Crippen molar-refractivity contribution in [2.24, 2.45) is 5.73 Å². The van der Waals surface area contributed by atoms with Crippen LogP contribution in [0.15, 0.2) is 18.2 Å². The maximum Gasteiger partial charge on any atom is 0.105 e. The molecule has 11 heavy (non-hydrogen) atoms. The molecule has 0 bridgehead atoms. The molecule has 0 aliphatic heterocycles. The summed E-state index contributed by atoms with van der Waals surface area (Å²) >= 11 is 1.40. The van der Waals surface area contributed by atoms with Gasteiger partial charge in [0.15, 0.2) is 0 Å². The highest BCUT2D eigenvalue weighted by Gasteiger charge is 1.97. The lowest BCUT2D eigenvalue weighted by Crippen LogP contribution is -1.94. The van der Waals surface area contributed by atoms with Crippen LogP contribution < -0.4 is 5.73 Å². The zero-order valence-electron chi connectivity index (χ0n) is 5.82. The monoisotopic (exact) mass is 165 g/mol. The number of aromatic nitrogens is 2. The molecule has 0 aliphatic carbocycles. The van der Waals surface area contributed by atoms with E-state index in [-0.39, 0.29) is 0 Å². The first kappa shape index (κ1) is 6.69. The number of benzene rings is 1. The summed E-state index contributed by atoms with van der Waals surface area (Å²) in [5.41, 5.74) is 7.55. The summed E-state index contributed by atoms with van der Waals surface area (Å²) in [4.78, 5) is 0. The van der Waals surface area contributed by atoms with Crippen molar-refractivity contribution in [3.63, 3.8) is 0 Å². The number of hydrogen-bond acceptors (Lipinski definition) is 4. The van der Waals surface area contributed by atoms with Gasteiger partial charge >= 0.3 is 0 Å². The molecule has 0 fully saturated rings. The Morgan fingerprint density at radius 1 is 1.45 bits per heavy atom. The molecule has 2 rings (SSSR count). The molecule has 1 heterocycles. The van der Waals surface area contributed by atoms with E-state index in [2.05, 4.69) is 9.59 Å². The number of hydrogen-bond donors (Lipinski definition) is 1. The minimum atomic E-state index is 0.577. The minimum absolute atomic E-state index is 0.577. The topological polar surface area (TPSA) is 51.8 Å². The largest absolute Gasteiger partial charge is 0.326 e. The molecule has 2 aromatic rings.